The normalized spacial score (nSPS) is 14.1. The van der Waals surface area contributed by atoms with Crippen LogP contribution in [0.1, 0.15) is 37.1 Å². The zero-order chi connectivity index (χ0) is 38.8. The quantitative estimate of drug-likeness (QED) is 0.170. The van der Waals surface area contributed by atoms with Crippen LogP contribution in [0.3, 0.4) is 0 Å². The van der Waals surface area contributed by atoms with Crippen LogP contribution in [0.25, 0.3) is 83.4 Å². The van der Waals surface area contributed by atoms with E-state index in [0.29, 0.717) is 0 Å². The third kappa shape index (κ3) is 5.55. The smallest absolute Gasteiger partial charge is 0.0900 e. The second-order valence-corrected chi connectivity index (χ2v) is 15.9. The van der Waals surface area contributed by atoms with Gasteiger partial charge < -0.3 is 4.57 Å². The maximum Gasteiger partial charge on any atom is 0.0900 e. The molecule has 1 aliphatic carbocycles. The van der Waals surface area contributed by atoms with Gasteiger partial charge in [-0.25, -0.2) is 4.98 Å². The molecule has 58 heavy (non-hydrogen) atoms. The number of aliphatic imine (C=N–C) groups is 1. The van der Waals surface area contributed by atoms with Gasteiger partial charge in [-0.15, -0.1) is 0 Å². The average molecular weight is 745 g/mol. The highest BCUT2D eigenvalue weighted by molar-refractivity contribution is 6.12. The van der Waals surface area contributed by atoms with Crippen molar-refractivity contribution in [3.05, 3.63) is 199 Å². The lowest BCUT2D eigenvalue weighted by atomic mass is 9.82. The summed E-state index contributed by atoms with van der Waals surface area (Å²) in [6.07, 6.45) is 7.04. The molecule has 276 valence electrons. The number of aromatic nitrogens is 3. The van der Waals surface area contributed by atoms with Gasteiger partial charge in [0.1, 0.15) is 0 Å². The first-order valence-corrected chi connectivity index (χ1v) is 20.1. The summed E-state index contributed by atoms with van der Waals surface area (Å²) in [5, 5.41) is 2.47. The summed E-state index contributed by atoms with van der Waals surface area (Å²) in [6, 6.07) is 59.6. The SMILES string of the molecule is CC1(C)c2ccccc2-c2c(-c3ccc4c(c3)c3ccc(-c5cccc(-c6cc(C7=NCCC=C7)nc(-c7ccccn7)c6)c5)cc3n4-c3ccccc3)cccc21. The van der Waals surface area contributed by atoms with Gasteiger partial charge in [-0.05, 0) is 129 Å². The summed E-state index contributed by atoms with van der Waals surface area (Å²) in [5.41, 5.74) is 19.4. The van der Waals surface area contributed by atoms with Crippen molar-refractivity contribution in [2.24, 2.45) is 4.99 Å². The lowest BCUT2D eigenvalue weighted by Gasteiger charge is -2.21. The molecule has 0 saturated carbocycles. The number of fused-ring (bicyclic) bond motifs is 6. The summed E-state index contributed by atoms with van der Waals surface area (Å²) in [6.45, 7) is 5.48. The summed E-state index contributed by atoms with van der Waals surface area (Å²) in [4.78, 5) is 14.5. The fraction of sp³-hybridized carbons (Fsp3) is 0.0926. The van der Waals surface area contributed by atoms with Crippen LogP contribution in [-0.2, 0) is 5.41 Å². The van der Waals surface area contributed by atoms with Crippen LogP contribution in [0.2, 0.25) is 0 Å². The Kier molecular flexibility index (Phi) is 7.94. The van der Waals surface area contributed by atoms with Crippen molar-refractivity contribution in [3.8, 4) is 61.6 Å². The Hall–Kier alpha value is -7.17. The number of rotatable bonds is 6. The molecule has 6 aromatic carbocycles. The minimum Gasteiger partial charge on any atom is -0.309 e. The second-order valence-electron chi connectivity index (χ2n) is 15.9. The predicted molar refractivity (Wildman–Crippen MR) is 241 cm³/mol. The van der Waals surface area contributed by atoms with Gasteiger partial charge in [-0.2, -0.15) is 0 Å². The van der Waals surface area contributed by atoms with Crippen LogP contribution in [-0.4, -0.2) is 26.8 Å². The van der Waals surface area contributed by atoms with Gasteiger partial charge >= 0.3 is 0 Å². The Morgan fingerprint density at radius 2 is 1.26 bits per heavy atom. The van der Waals surface area contributed by atoms with Gasteiger partial charge in [0.15, 0.2) is 0 Å². The Morgan fingerprint density at radius 3 is 2.10 bits per heavy atom. The highest BCUT2D eigenvalue weighted by Crippen LogP contribution is 2.52. The van der Waals surface area contributed by atoms with Gasteiger partial charge in [0.25, 0.3) is 0 Å². The van der Waals surface area contributed by atoms with Crippen molar-refractivity contribution < 1.29 is 0 Å². The van der Waals surface area contributed by atoms with E-state index in [1.54, 1.807) is 0 Å². The fourth-order valence-electron chi connectivity index (χ4n) is 9.24. The second kappa shape index (κ2) is 13.5. The summed E-state index contributed by atoms with van der Waals surface area (Å²) in [5.74, 6) is 0. The van der Waals surface area contributed by atoms with Crippen LogP contribution in [0.4, 0.5) is 0 Å². The molecule has 0 fully saturated rings. The van der Waals surface area contributed by atoms with E-state index in [1.807, 2.05) is 24.4 Å². The molecule has 3 aromatic heterocycles. The Balaban J connectivity index is 1.06. The van der Waals surface area contributed by atoms with Crippen molar-refractivity contribution in [1.82, 2.24) is 14.5 Å². The molecule has 0 saturated heterocycles. The average Bonchev–Trinajstić information content (AvgIpc) is 3.74. The van der Waals surface area contributed by atoms with E-state index in [-0.39, 0.29) is 5.41 Å². The van der Waals surface area contributed by atoms with Crippen molar-refractivity contribution in [2.75, 3.05) is 6.54 Å². The molecule has 0 atom stereocenters. The number of para-hydroxylation sites is 1. The molecule has 11 rings (SSSR count). The van der Waals surface area contributed by atoms with Gasteiger partial charge in [0, 0.05) is 34.6 Å². The molecule has 4 heteroatoms. The van der Waals surface area contributed by atoms with Crippen LogP contribution in [0.5, 0.6) is 0 Å². The zero-order valence-corrected chi connectivity index (χ0v) is 32.5. The molecular formula is C54H40N4. The first-order chi connectivity index (χ1) is 28.5. The highest BCUT2D eigenvalue weighted by Gasteiger charge is 2.36. The molecule has 0 N–H and O–H groups in total. The van der Waals surface area contributed by atoms with Gasteiger partial charge in [0.2, 0.25) is 0 Å². The van der Waals surface area contributed by atoms with E-state index in [1.165, 1.54) is 55.2 Å². The van der Waals surface area contributed by atoms with Crippen LogP contribution in [0, 0.1) is 0 Å². The first-order valence-electron chi connectivity index (χ1n) is 20.1. The summed E-state index contributed by atoms with van der Waals surface area (Å²) < 4.78 is 2.42. The molecule has 0 amide bonds. The van der Waals surface area contributed by atoms with E-state index in [2.05, 4.69) is 181 Å². The monoisotopic (exact) mass is 744 g/mol. The topological polar surface area (TPSA) is 43.1 Å². The lowest BCUT2D eigenvalue weighted by Crippen LogP contribution is -2.14. The highest BCUT2D eigenvalue weighted by atomic mass is 15.0. The number of pyridine rings is 2. The van der Waals surface area contributed by atoms with Crippen molar-refractivity contribution in [1.29, 1.82) is 0 Å². The Morgan fingerprint density at radius 1 is 0.517 bits per heavy atom. The zero-order valence-electron chi connectivity index (χ0n) is 32.5. The van der Waals surface area contributed by atoms with Crippen molar-refractivity contribution >= 4 is 27.5 Å². The number of nitrogens with zero attached hydrogens (tertiary/aromatic N) is 4. The Bertz CT molecular complexity index is 3130. The standard InChI is InChI=1S/C54H40N4/c1-54(2)45-20-7-6-18-43(45)53-41(19-13-21-46(53)54)38-25-27-51-44(31-38)42-26-24-37(34-52(42)58(51)40-16-4-3-5-17-40)35-14-12-15-36(30-35)39-32-49(47-22-8-10-28-55-47)57-50(33-39)48-23-9-11-29-56-48/h3-10,12-28,30-34H,11,29H2,1-2H3. The number of hydrogen-bond acceptors (Lipinski definition) is 3. The third-order valence-corrected chi connectivity index (χ3v) is 12.1. The van der Waals surface area contributed by atoms with E-state index in [0.717, 1.165) is 63.7 Å². The molecule has 0 spiro atoms. The van der Waals surface area contributed by atoms with Crippen LogP contribution < -0.4 is 0 Å². The minimum atomic E-state index is -0.0499. The molecule has 4 heterocycles. The predicted octanol–water partition coefficient (Wildman–Crippen LogP) is 13.3. The van der Waals surface area contributed by atoms with E-state index < -0.39 is 0 Å². The molecule has 0 radical (unpaired) electrons. The maximum absolute atomic E-state index is 5.04. The van der Waals surface area contributed by atoms with E-state index >= 15 is 0 Å². The molecule has 2 aliphatic rings. The van der Waals surface area contributed by atoms with Crippen LogP contribution in [0.15, 0.2) is 187 Å². The van der Waals surface area contributed by atoms with Gasteiger partial charge in [-0.1, -0.05) is 123 Å². The summed E-state index contributed by atoms with van der Waals surface area (Å²) in [7, 11) is 0. The largest absolute Gasteiger partial charge is 0.309 e. The molecule has 0 unspecified atom stereocenters. The molecule has 1 aliphatic heterocycles. The van der Waals surface area contributed by atoms with Crippen LogP contribution >= 0.6 is 0 Å². The van der Waals surface area contributed by atoms with E-state index in [9.17, 15) is 0 Å². The minimum absolute atomic E-state index is 0.0499. The third-order valence-electron chi connectivity index (χ3n) is 12.1. The lowest BCUT2D eigenvalue weighted by molar-refractivity contribution is 0.660. The Labute approximate surface area is 338 Å². The van der Waals surface area contributed by atoms with Gasteiger partial charge in [0.05, 0.1) is 33.8 Å². The summed E-state index contributed by atoms with van der Waals surface area (Å²) >= 11 is 0. The molecule has 4 nitrogen and oxygen atoms in total. The molecule has 0 bridgehead atoms. The maximum atomic E-state index is 5.04. The van der Waals surface area contributed by atoms with Crippen molar-refractivity contribution in [3.63, 3.8) is 0 Å². The fourth-order valence-corrected chi connectivity index (χ4v) is 9.24. The first kappa shape index (κ1) is 34.1. The number of hydrogen-bond donors (Lipinski definition) is 0. The van der Waals surface area contributed by atoms with E-state index in [4.69, 9.17) is 9.98 Å². The number of dihydropyridines is 1. The van der Waals surface area contributed by atoms with Gasteiger partial charge in [-0.3, -0.25) is 9.98 Å². The van der Waals surface area contributed by atoms with Crippen molar-refractivity contribution in [2.45, 2.75) is 25.7 Å². The number of allylic oxidation sites excluding steroid dienone is 1. The molecular weight excluding hydrogens is 705 g/mol. The number of benzene rings is 6. The molecule has 9 aromatic rings.